The van der Waals surface area contributed by atoms with Crippen molar-refractivity contribution in [2.75, 3.05) is 0 Å². The van der Waals surface area contributed by atoms with Gasteiger partial charge in [-0.15, -0.1) is 0 Å². The second-order valence-electron chi connectivity index (χ2n) is 3.84. The highest BCUT2D eigenvalue weighted by atomic mass is 15.1. The van der Waals surface area contributed by atoms with Gasteiger partial charge in [-0.25, -0.2) is 4.58 Å². The lowest BCUT2D eigenvalue weighted by atomic mass is 10.1. The highest BCUT2D eigenvalue weighted by Gasteiger charge is 2.25. The van der Waals surface area contributed by atoms with Crippen LogP contribution in [0.1, 0.15) is 11.1 Å². The lowest BCUT2D eigenvalue weighted by molar-refractivity contribution is -0.453. The van der Waals surface area contributed by atoms with E-state index in [1.54, 1.807) is 6.20 Å². The van der Waals surface area contributed by atoms with E-state index in [4.69, 9.17) is 5.73 Å². The number of aromatic nitrogens is 1. The van der Waals surface area contributed by atoms with Gasteiger partial charge in [-0.3, -0.25) is 10.7 Å². The van der Waals surface area contributed by atoms with E-state index >= 15 is 0 Å². The van der Waals surface area contributed by atoms with Gasteiger partial charge in [0.2, 0.25) is 0 Å². The predicted octanol–water partition coefficient (Wildman–Crippen LogP) is 1.64. The number of nitrogens with two attached hydrogens (primary N) is 1. The standard InChI is InChI=1S/C13H11N3/c14-13-12-6-2-1-4-10(12)9-16(13)11-5-3-7-15-8-11/h1-8,14H,9H2/p+1. The predicted molar refractivity (Wildman–Crippen MR) is 62.6 cm³/mol. The van der Waals surface area contributed by atoms with Gasteiger partial charge in [0, 0.05) is 11.8 Å². The molecular formula is C13H12N3+. The molecular weight excluding hydrogens is 198 g/mol. The van der Waals surface area contributed by atoms with E-state index in [9.17, 15) is 0 Å². The van der Waals surface area contributed by atoms with Crippen LogP contribution >= 0.6 is 0 Å². The van der Waals surface area contributed by atoms with Crippen molar-refractivity contribution in [3.8, 4) is 0 Å². The van der Waals surface area contributed by atoms with Gasteiger partial charge in [0.15, 0.2) is 0 Å². The quantitative estimate of drug-likeness (QED) is 0.727. The Bertz CT molecular complexity index is 558. The lowest BCUT2D eigenvalue weighted by Crippen LogP contribution is -2.20. The Morgan fingerprint density at radius 1 is 1.12 bits per heavy atom. The van der Waals surface area contributed by atoms with Crippen LogP contribution in [0.15, 0.2) is 48.8 Å². The molecule has 16 heavy (non-hydrogen) atoms. The molecule has 3 nitrogen and oxygen atoms in total. The first kappa shape index (κ1) is 9.09. The number of benzene rings is 1. The minimum Gasteiger partial charge on any atom is -0.286 e. The Morgan fingerprint density at radius 3 is 2.75 bits per heavy atom. The SMILES string of the molecule is NC1=[N+](c2cccnc2)Cc2ccccc21. The molecule has 0 spiro atoms. The Hall–Kier alpha value is -2.16. The topological polar surface area (TPSA) is 41.9 Å². The number of hydrogen-bond acceptors (Lipinski definition) is 2. The van der Waals surface area contributed by atoms with Crippen LogP contribution in [0.3, 0.4) is 0 Å². The van der Waals surface area contributed by atoms with E-state index in [0.717, 1.165) is 23.6 Å². The number of amidine groups is 1. The van der Waals surface area contributed by atoms with E-state index in [1.807, 2.05) is 30.5 Å². The molecule has 0 fully saturated rings. The summed E-state index contributed by atoms with van der Waals surface area (Å²) in [5, 5.41) is 0. The van der Waals surface area contributed by atoms with Crippen LogP contribution in [0.5, 0.6) is 0 Å². The Kier molecular flexibility index (Phi) is 1.96. The second-order valence-corrected chi connectivity index (χ2v) is 3.84. The number of rotatable bonds is 1. The van der Waals surface area contributed by atoms with Gasteiger partial charge in [-0.05, 0) is 18.2 Å². The maximum atomic E-state index is 6.14. The van der Waals surface area contributed by atoms with E-state index in [1.165, 1.54) is 5.56 Å². The summed E-state index contributed by atoms with van der Waals surface area (Å²) >= 11 is 0. The zero-order valence-corrected chi connectivity index (χ0v) is 8.80. The number of hydrogen-bond donors (Lipinski definition) is 1. The molecule has 0 atom stereocenters. The van der Waals surface area contributed by atoms with Gasteiger partial charge in [0.05, 0.1) is 11.8 Å². The largest absolute Gasteiger partial charge is 0.286 e. The molecule has 0 saturated heterocycles. The molecule has 0 saturated carbocycles. The molecule has 0 aliphatic carbocycles. The van der Waals surface area contributed by atoms with Crippen molar-refractivity contribution in [3.63, 3.8) is 0 Å². The average molecular weight is 210 g/mol. The molecule has 1 aliphatic rings. The summed E-state index contributed by atoms with van der Waals surface area (Å²) in [6.07, 6.45) is 3.60. The van der Waals surface area contributed by atoms with Crippen molar-refractivity contribution < 1.29 is 4.58 Å². The van der Waals surface area contributed by atoms with E-state index in [0.29, 0.717) is 0 Å². The van der Waals surface area contributed by atoms with Crippen molar-refractivity contribution in [2.45, 2.75) is 6.54 Å². The van der Waals surface area contributed by atoms with E-state index in [2.05, 4.69) is 21.7 Å². The molecule has 0 amide bonds. The second kappa shape index (κ2) is 3.45. The summed E-state index contributed by atoms with van der Waals surface area (Å²) < 4.78 is 2.08. The number of fused-ring (bicyclic) bond motifs is 1. The highest BCUT2D eigenvalue weighted by molar-refractivity contribution is 5.97. The fourth-order valence-electron chi connectivity index (χ4n) is 2.05. The van der Waals surface area contributed by atoms with Crippen LogP contribution in [0.25, 0.3) is 0 Å². The summed E-state index contributed by atoms with van der Waals surface area (Å²) in [6, 6.07) is 12.2. The van der Waals surface area contributed by atoms with E-state index < -0.39 is 0 Å². The average Bonchev–Trinajstić information content (AvgIpc) is 2.69. The van der Waals surface area contributed by atoms with Gasteiger partial charge in [-0.1, -0.05) is 18.2 Å². The molecule has 2 N–H and O–H groups in total. The maximum absolute atomic E-state index is 6.14. The summed E-state index contributed by atoms with van der Waals surface area (Å²) in [5.74, 6) is 0.809. The van der Waals surface area contributed by atoms with Crippen LogP contribution in [0.2, 0.25) is 0 Å². The summed E-state index contributed by atoms with van der Waals surface area (Å²) in [4.78, 5) is 4.12. The number of pyridine rings is 1. The number of nitrogens with zero attached hydrogens (tertiary/aromatic N) is 2. The zero-order chi connectivity index (χ0) is 11.0. The third-order valence-corrected chi connectivity index (χ3v) is 2.87. The molecule has 0 unspecified atom stereocenters. The zero-order valence-electron chi connectivity index (χ0n) is 8.80. The molecule has 2 aromatic rings. The third kappa shape index (κ3) is 1.29. The third-order valence-electron chi connectivity index (χ3n) is 2.87. The Labute approximate surface area is 93.9 Å². The molecule has 78 valence electrons. The van der Waals surface area contributed by atoms with E-state index in [-0.39, 0.29) is 0 Å². The minimum atomic E-state index is 0.809. The van der Waals surface area contributed by atoms with Crippen LogP contribution in [-0.2, 0) is 6.54 Å². The Morgan fingerprint density at radius 2 is 2.00 bits per heavy atom. The van der Waals surface area contributed by atoms with Gasteiger partial charge in [0.1, 0.15) is 12.2 Å². The van der Waals surface area contributed by atoms with Crippen LogP contribution in [-0.4, -0.2) is 15.4 Å². The molecule has 1 aromatic carbocycles. The molecule has 1 aliphatic heterocycles. The normalized spacial score (nSPS) is 14.0. The molecule has 3 heteroatoms. The minimum absolute atomic E-state index is 0.809. The first-order chi connectivity index (χ1) is 7.86. The summed E-state index contributed by atoms with van der Waals surface area (Å²) in [7, 11) is 0. The monoisotopic (exact) mass is 210 g/mol. The molecule has 1 aromatic heterocycles. The maximum Gasteiger partial charge on any atom is 0.280 e. The van der Waals surface area contributed by atoms with Crippen LogP contribution in [0.4, 0.5) is 5.69 Å². The van der Waals surface area contributed by atoms with Crippen LogP contribution in [0, 0.1) is 0 Å². The first-order valence-electron chi connectivity index (χ1n) is 5.24. The fourth-order valence-corrected chi connectivity index (χ4v) is 2.05. The van der Waals surface area contributed by atoms with Gasteiger partial charge in [0.25, 0.3) is 5.84 Å². The molecule has 0 bridgehead atoms. The fraction of sp³-hybridized carbons (Fsp3) is 0.0769. The van der Waals surface area contributed by atoms with Gasteiger partial charge >= 0.3 is 0 Å². The summed E-state index contributed by atoms with van der Waals surface area (Å²) in [5.41, 5.74) is 9.57. The molecule has 3 rings (SSSR count). The summed E-state index contributed by atoms with van der Waals surface area (Å²) in [6.45, 7) is 0.827. The smallest absolute Gasteiger partial charge is 0.280 e. The first-order valence-corrected chi connectivity index (χ1v) is 5.24. The van der Waals surface area contributed by atoms with Crippen LogP contribution < -0.4 is 5.73 Å². The van der Waals surface area contributed by atoms with Gasteiger partial charge < -0.3 is 0 Å². The van der Waals surface area contributed by atoms with Crippen molar-refractivity contribution in [2.24, 2.45) is 5.73 Å². The lowest BCUT2D eigenvalue weighted by Gasteiger charge is -2.00. The van der Waals surface area contributed by atoms with Gasteiger partial charge in [-0.2, -0.15) is 0 Å². The Balaban J connectivity index is 2.11. The van der Waals surface area contributed by atoms with Crippen molar-refractivity contribution in [1.29, 1.82) is 0 Å². The highest BCUT2D eigenvalue weighted by Crippen LogP contribution is 2.22. The molecule has 2 heterocycles. The van der Waals surface area contributed by atoms with Crippen molar-refractivity contribution in [1.82, 2.24) is 4.98 Å². The van der Waals surface area contributed by atoms with Crippen molar-refractivity contribution in [3.05, 3.63) is 59.9 Å². The molecule has 0 radical (unpaired) electrons. The van der Waals surface area contributed by atoms with Crippen molar-refractivity contribution >= 4 is 11.5 Å².